The molecule has 3 rings (SSSR count). The lowest BCUT2D eigenvalue weighted by atomic mass is 10.0. The molecule has 1 aliphatic rings. The summed E-state index contributed by atoms with van der Waals surface area (Å²) in [4.78, 5) is 6.27. The molecule has 1 aromatic heterocycles. The lowest BCUT2D eigenvalue weighted by Gasteiger charge is -2.27. The maximum Gasteiger partial charge on any atom is 0.416 e. The van der Waals surface area contributed by atoms with Gasteiger partial charge in [0.15, 0.2) is 10.8 Å². The molecular formula is C12H10F3N5S. The molecule has 5 nitrogen and oxygen atoms in total. The van der Waals surface area contributed by atoms with E-state index in [0.29, 0.717) is 10.7 Å². The van der Waals surface area contributed by atoms with Crippen LogP contribution >= 0.6 is 11.8 Å². The molecule has 0 saturated heterocycles. The normalized spacial score (nSPS) is 21.0. The number of thioether (sulfide) groups is 1. The molecule has 1 aromatic carbocycles. The van der Waals surface area contributed by atoms with Gasteiger partial charge in [-0.3, -0.25) is 5.73 Å². The molecule has 0 saturated carbocycles. The van der Waals surface area contributed by atoms with Crippen LogP contribution in [0.3, 0.4) is 0 Å². The maximum atomic E-state index is 13.1. The molecule has 0 aliphatic carbocycles. The predicted molar refractivity (Wildman–Crippen MR) is 73.2 cm³/mol. The van der Waals surface area contributed by atoms with E-state index in [4.69, 9.17) is 11.5 Å². The van der Waals surface area contributed by atoms with Crippen molar-refractivity contribution in [1.82, 2.24) is 9.97 Å². The number of hydrogen-bond acceptors (Lipinski definition) is 6. The van der Waals surface area contributed by atoms with E-state index < -0.39 is 16.7 Å². The Morgan fingerprint density at radius 3 is 2.57 bits per heavy atom. The van der Waals surface area contributed by atoms with Crippen LogP contribution in [0.15, 0.2) is 35.6 Å². The zero-order valence-corrected chi connectivity index (χ0v) is 11.3. The Balaban J connectivity index is 2.10. The van der Waals surface area contributed by atoms with Gasteiger partial charge in [0.1, 0.15) is 17.0 Å². The average molecular weight is 313 g/mol. The zero-order valence-electron chi connectivity index (χ0n) is 10.5. The minimum absolute atomic E-state index is 0.0834. The first-order valence-electron chi connectivity index (χ1n) is 5.84. The third kappa shape index (κ3) is 2.28. The summed E-state index contributed by atoms with van der Waals surface area (Å²) in [5.74, 6) is 0.143. The molecule has 0 amide bonds. The van der Waals surface area contributed by atoms with Crippen LogP contribution in [0.5, 0.6) is 0 Å². The molecule has 0 spiro atoms. The third-order valence-electron chi connectivity index (χ3n) is 3.04. The van der Waals surface area contributed by atoms with E-state index in [1.807, 2.05) is 0 Å². The molecule has 110 valence electrons. The van der Waals surface area contributed by atoms with Crippen molar-refractivity contribution in [3.8, 4) is 0 Å². The van der Waals surface area contributed by atoms with Gasteiger partial charge >= 0.3 is 6.18 Å². The number of hydrogen-bond donors (Lipinski definition) is 3. The van der Waals surface area contributed by atoms with Crippen molar-refractivity contribution in [2.24, 2.45) is 5.73 Å². The summed E-state index contributed by atoms with van der Waals surface area (Å²) >= 11 is 0.972. The Labute approximate surface area is 122 Å². The van der Waals surface area contributed by atoms with Crippen molar-refractivity contribution in [1.29, 1.82) is 0 Å². The molecule has 2 heterocycles. The number of fused-ring (bicyclic) bond motifs is 1. The van der Waals surface area contributed by atoms with Crippen molar-refractivity contribution >= 4 is 23.3 Å². The van der Waals surface area contributed by atoms with Gasteiger partial charge < -0.3 is 11.1 Å². The number of rotatable bonds is 1. The molecule has 0 bridgehead atoms. The van der Waals surface area contributed by atoms with Crippen LogP contribution in [0, 0.1) is 0 Å². The topological polar surface area (TPSA) is 89.8 Å². The number of nitrogen functional groups attached to an aromatic ring is 1. The molecule has 2 aromatic rings. The van der Waals surface area contributed by atoms with Gasteiger partial charge in [-0.25, -0.2) is 9.97 Å². The fourth-order valence-electron chi connectivity index (χ4n) is 2.12. The number of nitrogens with two attached hydrogens (primary N) is 2. The zero-order chi connectivity index (χ0) is 15.3. The summed E-state index contributed by atoms with van der Waals surface area (Å²) in [6.07, 6.45) is -3.26. The quantitative estimate of drug-likeness (QED) is 0.700. The van der Waals surface area contributed by atoms with E-state index in [1.54, 1.807) is 0 Å². The summed E-state index contributed by atoms with van der Waals surface area (Å²) in [7, 11) is 0. The van der Waals surface area contributed by atoms with Crippen molar-refractivity contribution in [2.75, 3.05) is 11.1 Å². The number of nitrogens with zero attached hydrogens (tertiary/aromatic N) is 2. The lowest BCUT2D eigenvalue weighted by molar-refractivity contribution is -0.138. The summed E-state index contributed by atoms with van der Waals surface area (Å²) in [5.41, 5.74) is 11.3. The van der Waals surface area contributed by atoms with Gasteiger partial charge in [0.05, 0.1) is 5.56 Å². The first-order valence-corrected chi connectivity index (χ1v) is 6.66. The maximum absolute atomic E-state index is 13.1. The lowest BCUT2D eigenvalue weighted by Crippen LogP contribution is -2.40. The average Bonchev–Trinajstić information content (AvgIpc) is 2.77. The second-order valence-electron chi connectivity index (χ2n) is 4.45. The monoisotopic (exact) mass is 313 g/mol. The van der Waals surface area contributed by atoms with Crippen LogP contribution in [0.1, 0.15) is 11.1 Å². The Kier molecular flexibility index (Phi) is 2.99. The molecular weight excluding hydrogens is 303 g/mol. The SMILES string of the molecule is Nc1ncnc2c1NC(N)(c1ccccc1C(F)(F)F)S2. The highest BCUT2D eigenvalue weighted by atomic mass is 32.2. The summed E-state index contributed by atoms with van der Waals surface area (Å²) in [6.45, 7) is 0. The minimum Gasteiger partial charge on any atom is -0.382 e. The molecule has 1 atom stereocenters. The van der Waals surface area contributed by atoms with Gasteiger partial charge in [0.2, 0.25) is 0 Å². The van der Waals surface area contributed by atoms with Crippen molar-refractivity contribution in [3.05, 3.63) is 41.7 Å². The van der Waals surface area contributed by atoms with Gasteiger partial charge in [0.25, 0.3) is 0 Å². The van der Waals surface area contributed by atoms with Crippen LogP contribution < -0.4 is 16.8 Å². The van der Waals surface area contributed by atoms with Crippen molar-refractivity contribution < 1.29 is 13.2 Å². The Hall–Kier alpha value is -2.00. The molecule has 21 heavy (non-hydrogen) atoms. The number of aromatic nitrogens is 2. The molecule has 0 radical (unpaired) electrons. The molecule has 1 unspecified atom stereocenters. The van der Waals surface area contributed by atoms with E-state index in [-0.39, 0.29) is 11.4 Å². The van der Waals surface area contributed by atoms with Crippen LogP contribution in [0.4, 0.5) is 24.7 Å². The molecule has 1 aliphatic heterocycles. The van der Waals surface area contributed by atoms with Crippen LogP contribution in [-0.4, -0.2) is 9.97 Å². The number of halogens is 3. The third-order valence-corrected chi connectivity index (χ3v) is 4.19. The smallest absolute Gasteiger partial charge is 0.382 e. The minimum atomic E-state index is -4.50. The fraction of sp³-hybridized carbons (Fsp3) is 0.167. The van der Waals surface area contributed by atoms with Gasteiger partial charge in [0, 0.05) is 5.56 Å². The van der Waals surface area contributed by atoms with E-state index in [2.05, 4.69) is 15.3 Å². The van der Waals surface area contributed by atoms with Crippen LogP contribution in [0.25, 0.3) is 0 Å². The molecule has 5 N–H and O–H groups in total. The highest BCUT2D eigenvalue weighted by Gasteiger charge is 2.44. The number of alkyl halides is 3. The Bertz CT molecular complexity index is 706. The van der Waals surface area contributed by atoms with E-state index in [0.717, 1.165) is 17.8 Å². The number of anilines is 2. The van der Waals surface area contributed by atoms with E-state index >= 15 is 0 Å². The van der Waals surface area contributed by atoms with Gasteiger partial charge in [-0.2, -0.15) is 13.2 Å². The number of nitrogens with one attached hydrogen (secondary N) is 1. The van der Waals surface area contributed by atoms with Crippen molar-refractivity contribution in [2.45, 2.75) is 16.2 Å². The highest BCUT2D eigenvalue weighted by molar-refractivity contribution is 8.00. The number of benzene rings is 1. The highest BCUT2D eigenvalue weighted by Crippen LogP contribution is 2.50. The standard InChI is InChI=1S/C12H10F3N5S/c13-11(14,15)6-3-1-2-4-7(6)12(17)20-8-9(16)18-5-19-10(8)21-12/h1-5,20H,17H2,(H2,16,18,19). The van der Waals surface area contributed by atoms with Crippen LogP contribution in [0.2, 0.25) is 0 Å². The van der Waals surface area contributed by atoms with Gasteiger partial charge in [-0.1, -0.05) is 30.0 Å². The first kappa shape index (κ1) is 14.0. The fourth-order valence-corrected chi connectivity index (χ4v) is 3.22. The van der Waals surface area contributed by atoms with Crippen LogP contribution in [-0.2, 0) is 11.2 Å². The van der Waals surface area contributed by atoms with E-state index in [9.17, 15) is 13.2 Å². The summed E-state index contributed by atoms with van der Waals surface area (Å²) < 4.78 is 39.4. The van der Waals surface area contributed by atoms with Gasteiger partial charge in [-0.15, -0.1) is 0 Å². The Morgan fingerprint density at radius 1 is 1.19 bits per heavy atom. The predicted octanol–water partition coefficient (Wildman–Crippen LogP) is 2.36. The largest absolute Gasteiger partial charge is 0.416 e. The summed E-state index contributed by atoms with van der Waals surface area (Å²) in [6, 6.07) is 5.14. The molecule has 0 fully saturated rings. The van der Waals surface area contributed by atoms with E-state index in [1.165, 1.54) is 24.5 Å². The second-order valence-corrected chi connectivity index (χ2v) is 5.68. The van der Waals surface area contributed by atoms with Crippen molar-refractivity contribution in [3.63, 3.8) is 0 Å². The molecule has 9 heteroatoms. The first-order chi connectivity index (χ1) is 9.81. The summed E-state index contributed by atoms with van der Waals surface area (Å²) in [5, 5.41) is 3.22. The Morgan fingerprint density at radius 2 is 1.90 bits per heavy atom. The second kappa shape index (κ2) is 4.50. The van der Waals surface area contributed by atoms with Gasteiger partial charge in [-0.05, 0) is 6.07 Å².